The van der Waals surface area contributed by atoms with E-state index in [1.165, 1.54) is 35.0 Å². The second-order valence-electron chi connectivity index (χ2n) is 9.17. The van der Waals surface area contributed by atoms with E-state index in [2.05, 4.69) is 4.98 Å². The zero-order valence-electron chi connectivity index (χ0n) is 20.7. The Kier molecular flexibility index (Phi) is 8.24. The number of benzene rings is 3. The summed E-state index contributed by atoms with van der Waals surface area (Å²) >= 11 is 12.4. The summed E-state index contributed by atoms with van der Waals surface area (Å²) in [5.41, 5.74) is 2.42. The van der Waals surface area contributed by atoms with Crippen LogP contribution in [0.15, 0.2) is 78.1 Å². The number of nitrogens with zero attached hydrogens (tertiary/aromatic N) is 3. The lowest BCUT2D eigenvalue weighted by Crippen LogP contribution is -2.25. The Morgan fingerprint density at radius 2 is 1.71 bits per heavy atom. The van der Waals surface area contributed by atoms with Gasteiger partial charge in [0.2, 0.25) is 15.0 Å². The van der Waals surface area contributed by atoms with Crippen LogP contribution in [0.1, 0.15) is 36.2 Å². The fraction of sp³-hybridized carbons (Fsp3) is 0.214. The van der Waals surface area contributed by atoms with Gasteiger partial charge in [-0.15, -0.1) is 0 Å². The highest BCUT2D eigenvalue weighted by Crippen LogP contribution is 2.37. The van der Waals surface area contributed by atoms with Gasteiger partial charge in [0.15, 0.2) is 0 Å². The van der Waals surface area contributed by atoms with Crippen molar-refractivity contribution in [2.45, 2.75) is 31.0 Å². The molecule has 0 aliphatic carbocycles. The van der Waals surface area contributed by atoms with E-state index in [1.54, 1.807) is 36.4 Å². The van der Waals surface area contributed by atoms with Crippen LogP contribution in [0.25, 0.3) is 5.69 Å². The van der Waals surface area contributed by atoms with Crippen molar-refractivity contribution >= 4 is 33.0 Å². The van der Waals surface area contributed by atoms with Gasteiger partial charge in [-0.25, -0.2) is 17.8 Å². The van der Waals surface area contributed by atoms with Crippen molar-refractivity contribution in [2.75, 3.05) is 12.4 Å². The lowest BCUT2D eigenvalue weighted by molar-refractivity contribution is 0.135. The Hall–Kier alpha value is -3.22. The fourth-order valence-electron chi connectivity index (χ4n) is 3.99. The van der Waals surface area contributed by atoms with Crippen molar-refractivity contribution in [1.29, 1.82) is 5.26 Å². The number of hydrogen-bond acceptors (Lipinski definition) is 5. The van der Waals surface area contributed by atoms with Crippen molar-refractivity contribution in [1.82, 2.24) is 9.55 Å². The molecule has 3 aromatic carbocycles. The maximum absolute atomic E-state index is 13.7. The lowest BCUT2D eigenvalue weighted by atomic mass is 9.81. The first-order chi connectivity index (χ1) is 18.0. The summed E-state index contributed by atoms with van der Waals surface area (Å²) in [6.45, 7) is 3.97. The standard InChI is InChI=1S/C28H24Cl2FN3O3S/c1-28(2,21-7-12-24(29)25(30)15-21)26-17-33-27(34(26)23-10-8-22(31)9-11-23)38(35,36)14-13-37-18-20-5-3-19(16-32)4-6-20/h3-12,15,17H,13-14,18H2,1-2H3. The molecule has 196 valence electrons. The normalized spacial score (nSPS) is 11.9. The van der Waals surface area contributed by atoms with Gasteiger partial charge in [-0.1, -0.05) is 55.2 Å². The molecule has 6 nitrogen and oxygen atoms in total. The largest absolute Gasteiger partial charge is 0.376 e. The molecule has 0 N–H and O–H groups in total. The molecule has 0 aliphatic heterocycles. The maximum atomic E-state index is 13.7. The van der Waals surface area contributed by atoms with Crippen molar-refractivity contribution < 1.29 is 17.5 Å². The van der Waals surface area contributed by atoms with Gasteiger partial charge in [-0.05, 0) is 59.7 Å². The average molecular weight is 572 g/mol. The Morgan fingerprint density at radius 1 is 1.03 bits per heavy atom. The number of imidazole rings is 1. The van der Waals surface area contributed by atoms with Gasteiger partial charge in [-0.3, -0.25) is 4.57 Å². The zero-order valence-corrected chi connectivity index (χ0v) is 23.0. The third-order valence-corrected chi connectivity index (χ3v) is 8.51. The summed E-state index contributed by atoms with van der Waals surface area (Å²) in [4.78, 5) is 4.31. The van der Waals surface area contributed by atoms with Crippen molar-refractivity contribution in [2.24, 2.45) is 0 Å². The number of ether oxygens (including phenoxy) is 1. The molecule has 1 aromatic heterocycles. The van der Waals surface area contributed by atoms with E-state index in [0.29, 0.717) is 27.0 Å². The van der Waals surface area contributed by atoms with E-state index in [4.69, 9.17) is 33.2 Å². The van der Waals surface area contributed by atoms with Crippen LogP contribution < -0.4 is 0 Å². The second kappa shape index (κ2) is 11.3. The number of rotatable bonds is 9. The van der Waals surface area contributed by atoms with Crippen LogP contribution in [0.3, 0.4) is 0 Å². The van der Waals surface area contributed by atoms with E-state index < -0.39 is 21.1 Å². The molecule has 0 saturated heterocycles. The lowest BCUT2D eigenvalue weighted by Gasteiger charge is -2.27. The highest BCUT2D eigenvalue weighted by atomic mass is 35.5. The summed E-state index contributed by atoms with van der Waals surface area (Å²) in [5, 5.41) is 9.52. The molecule has 0 fully saturated rings. The molecule has 0 unspecified atom stereocenters. The molecule has 0 amide bonds. The van der Waals surface area contributed by atoms with Crippen LogP contribution >= 0.6 is 23.2 Å². The second-order valence-corrected chi connectivity index (χ2v) is 12.0. The van der Waals surface area contributed by atoms with Gasteiger partial charge < -0.3 is 4.74 Å². The highest BCUT2D eigenvalue weighted by Gasteiger charge is 2.33. The van der Waals surface area contributed by atoms with Gasteiger partial charge in [-0.2, -0.15) is 5.26 Å². The fourth-order valence-corrected chi connectivity index (χ4v) is 5.51. The number of halogens is 3. The Balaban J connectivity index is 1.65. The van der Waals surface area contributed by atoms with Crippen molar-refractivity contribution in [3.8, 4) is 11.8 Å². The summed E-state index contributed by atoms with van der Waals surface area (Å²) in [6, 6.07) is 19.7. The first kappa shape index (κ1) is 27.8. The number of aromatic nitrogens is 2. The maximum Gasteiger partial charge on any atom is 0.232 e. The van der Waals surface area contributed by atoms with E-state index >= 15 is 0 Å². The molecule has 0 atom stereocenters. The topological polar surface area (TPSA) is 85.0 Å². The average Bonchev–Trinajstić information content (AvgIpc) is 3.36. The monoisotopic (exact) mass is 571 g/mol. The Labute approximate surface area is 231 Å². The number of sulfone groups is 1. The van der Waals surface area contributed by atoms with Crippen LogP contribution in [0.5, 0.6) is 0 Å². The minimum absolute atomic E-state index is 0.0653. The van der Waals surface area contributed by atoms with Gasteiger partial charge in [0.1, 0.15) is 5.82 Å². The molecule has 4 rings (SSSR count). The van der Waals surface area contributed by atoms with E-state index in [-0.39, 0.29) is 24.1 Å². The minimum Gasteiger partial charge on any atom is -0.376 e. The molecular weight excluding hydrogens is 548 g/mol. The third kappa shape index (κ3) is 5.92. The van der Waals surface area contributed by atoms with E-state index in [1.807, 2.05) is 26.0 Å². The minimum atomic E-state index is -3.91. The number of nitriles is 1. The van der Waals surface area contributed by atoms with E-state index in [0.717, 1.165) is 11.1 Å². The molecule has 0 aliphatic rings. The summed E-state index contributed by atoms with van der Waals surface area (Å²) in [7, 11) is -3.91. The molecular formula is C28H24Cl2FN3O3S. The Morgan fingerprint density at radius 3 is 2.34 bits per heavy atom. The molecule has 4 aromatic rings. The first-order valence-electron chi connectivity index (χ1n) is 11.6. The quantitative estimate of drug-likeness (QED) is 0.214. The first-order valence-corrected chi connectivity index (χ1v) is 14.0. The van der Waals surface area contributed by atoms with E-state index in [9.17, 15) is 12.8 Å². The van der Waals surface area contributed by atoms with Crippen molar-refractivity contribution in [3.63, 3.8) is 0 Å². The predicted octanol–water partition coefficient (Wildman–Crippen LogP) is 6.51. The molecule has 38 heavy (non-hydrogen) atoms. The van der Waals surface area contributed by atoms with Crippen LogP contribution in [0.4, 0.5) is 4.39 Å². The SMILES string of the molecule is CC(C)(c1ccc(Cl)c(Cl)c1)c1cnc(S(=O)(=O)CCOCc2ccc(C#N)cc2)n1-c1ccc(F)cc1. The summed E-state index contributed by atoms with van der Waals surface area (Å²) in [6.07, 6.45) is 1.51. The van der Waals surface area contributed by atoms with Crippen molar-refractivity contribution in [3.05, 3.63) is 111 Å². The molecule has 0 saturated carbocycles. The van der Waals surface area contributed by atoms with Gasteiger partial charge in [0.25, 0.3) is 0 Å². The third-order valence-electron chi connectivity index (χ3n) is 6.22. The summed E-state index contributed by atoms with van der Waals surface area (Å²) in [5.74, 6) is -0.756. The predicted molar refractivity (Wildman–Crippen MR) is 145 cm³/mol. The smallest absolute Gasteiger partial charge is 0.232 e. The van der Waals surface area contributed by atoms with Gasteiger partial charge in [0, 0.05) is 11.1 Å². The molecule has 0 bridgehead atoms. The summed E-state index contributed by atoms with van der Waals surface area (Å²) < 4.78 is 47.8. The zero-order chi connectivity index (χ0) is 27.5. The van der Waals surface area contributed by atoms with Crippen LogP contribution in [-0.2, 0) is 26.6 Å². The van der Waals surface area contributed by atoms with Gasteiger partial charge >= 0.3 is 0 Å². The van der Waals surface area contributed by atoms with Crippen LogP contribution in [0, 0.1) is 17.1 Å². The highest BCUT2D eigenvalue weighted by molar-refractivity contribution is 7.91. The van der Waals surface area contributed by atoms with Gasteiger partial charge in [0.05, 0.1) is 52.5 Å². The Bertz CT molecular complexity index is 1590. The number of hydrogen-bond donors (Lipinski definition) is 0. The molecule has 0 radical (unpaired) electrons. The van der Waals surface area contributed by atoms with Crippen LogP contribution in [-0.4, -0.2) is 30.3 Å². The molecule has 0 spiro atoms. The van der Waals surface area contributed by atoms with Crippen LogP contribution in [0.2, 0.25) is 10.0 Å². The molecule has 1 heterocycles. The molecule has 10 heteroatoms.